The third kappa shape index (κ3) is 4.06. The fourth-order valence-electron chi connectivity index (χ4n) is 1.88. The van der Waals surface area contributed by atoms with Crippen LogP contribution < -0.4 is 0 Å². The van der Waals surface area contributed by atoms with Crippen LogP contribution in [0, 0.1) is 0 Å². The molecule has 0 radical (unpaired) electrons. The quantitative estimate of drug-likeness (QED) is 0.778. The van der Waals surface area contributed by atoms with Crippen molar-refractivity contribution in [3.8, 4) is 0 Å². The number of hydrogen-bond acceptors (Lipinski definition) is 2. The van der Waals surface area contributed by atoms with Gasteiger partial charge in [0.1, 0.15) is 6.10 Å². The lowest BCUT2D eigenvalue weighted by molar-refractivity contribution is -0.141. The molecule has 1 aromatic carbocycles. The van der Waals surface area contributed by atoms with Crippen LogP contribution in [0.2, 0.25) is 0 Å². The van der Waals surface area contributed by atoms with E-state index in [2.05, 4.69) is 0 Å². The molecule has 1 atom stereocenters. The largest absolute Gasteiger partial charge is 0.416 e. The number of benzene rings is 1. The molecule has 1 rings (SSSR count). The molecule has 0 aliphatic heterocycles. The first-order valence-electron chi connectivity index (χ1n) is 6.22. The Hall–Kier alpha value is -1.36. The number of hydrogen-bond donors (Lipinski definition) is 0. The summed E-state index contributed by atoms with van der Waals surface area (Å²) < 4.78 is 44.0. The van der Waals surface area contributed by atoms with Gasteiger partial charge in [-0.3, -0.25) is 4.79 Å². The molecule has 0 bridgehead atoms. The second-order valence-electron chi connectivity index (χ2n) is 4.14. The summed E-state index contributed by atoms with van der Waals surface area (Å²) in [6, 6.07) is 5.06. The second-order valence-corrected chi connectivity index (χ2v) is 4.14. The van der Waals surface area contributed by atoms with Crippen molar-refractivity contribution in [3.05, 3.63) is 35.4 Å². The number of ether oxygens (including phenoxy) is 1. The lowest BCUT2D eigenvalue weighted by Crippen LogP contribution is -2.20. The zero-order valence-electron chi connectivity index (χ0n) is 11.0. The van der Waals surface area contributed by atoms with E-state index < -0.39 is 17.8 Å². The summed E-state index contributed by atoms with van der Waals surface area (Å²) in [7, 11) is 0. The van der Waals surface area contributed by atoms with Gasteiger partial charge in [-0.1, -0.05) is 25.1 Å². The molecule has 0 saturated carbocycles. The number of rotatable bonds is 6. The fraction of sp³-hybridized carbons (Fsp3) is 0.500. The van der Waals surface area contributed by atoms with Crippen LogP contribution in [-0.4, -0.2) is 12.4 Å². The Morgan fingerprint density at radius 3 is 2.42 bits per heavy atom. The van der Waals surface area contributed by atoms with Gasteiger partial charge in [0, 0.05) is 18.6 Å². The Bertz CT molecular complexity index is 427. The molecule has 5 heteroatoms. The van der Waals surface area contributed by atoms with Crippen molar-refractivity contribution in [3.63, 3.8) is 0 Å². The first-order chi connectivity index (χ1) is 8.91. The van der Waals surface area contributed by atoms with E-state index in [1.54, 1.807) is 13.8 Å². The molecule has 0 saturated heterocycles. The Morgan fingerprint density at radius 1 is 1.26 bits per heavy atom. The first kappa shape index (κ1) is 15.7. The molecule has 2 nitrogen and oxygen atoms in total. The molecular weight excluding hydrogens is 257 g/mol. The molecule has 106 valence electrons. The number of carbonyl (C=O) groups excluding carboxylic acids is 1. The Kier molecular flexibility index (Phi) is 5.54. The molecule has 0 fully saturated rings. The SMILES string of the molecule is CCCC(=O)C(OCC)c1ccccc1C(F)(F)F. The van der Waals surface area contributed by atoms with Gasteiger partial charge in [0.05, 0.1) is 5.56 Å². The van der Waals surface area contributed by atoms with Gasteiger partial charge >= 0.3 is 6.18 Å². The Morgan fingerprint density at radius 2 is 1.89 bits per heavy atom. The van der Waals surface area contributed by atoms with Gasteiger partial charge in [-0.15, -0.1) is 0 Å². The maximum Gasteiger partial charge on any atom is 0.416 e. The smallest absolute Gasteiger partial charge is 0.366 e. The van der Waals surface area contributed by atoms with Crippen molar-refractivity contribution >= 4 is 5.78 Å². The van der Waals surface area contributed by atoms with Gasteiger partial charge in [0.2, 0.25) is 0 Å². The molecule has 1 unspecified atom stereocenters. The molecular formula is C14H17F3O2. The zero-order chi connectivity index (χ0) is 14.5. The lowest BCUT2D eigenvalue weighted by Gasteiger charge is -2.20. The van der Waals surface area contributed by atoms with Gasteiger partial charge in [-0.05, 0) is 19.4 Å². The maximum absolute atomic E-state index is 12.9. The minimum atomic E-state index is -4.49. The molecule has 19 heavy (non-hydrogen) atoms. The van der Waals surface area contributed by atoms with Gasteiger partial charge in [0.25, 0.3) is 0 Å². The molecule has 0 amide bonds. The average molecular weight is 274 g/mol. The van der Waals surface area contributed by atoms with Gasteiger partial charge in [-0.25, -0.2) is 0 Å². The molecule has 0 N–H and O–H groups in total. The van der Waals surface area contributed by atoms with E-state index >= 15 is 0 Å². The fourth-order valence-corrected chi connectivity index (χ4v) is 1.88. The van der Waals surface area contributed by atoms with E-state index in [0.29, 0.717) is 6.42 Å². The topological polar surface area (TPSA) is 26.3 Å². The molecule has 0 aromatic heterocycles. The van der Waals surface area contributed by atoms with E-state index in [4.69, 9.17) is 4.74 Å². The zero-order valence-corrected chi connectivity index (χ0v) is 11.0. The average Bonchev–Trinajstić information content (AvgIpc) is 2.35. The van der Waals surface area contributed by atoms with E-state index in [0.717, 1.165) is 6.07 Å². The summed E-state index contributed by atoms with van der Waals surface area (Å²) in [6.45, 7) is 3.64. The van der Waals surface area contributed by atoms with E-state index in [1.165, 1.54) is 18.2 Å². The second kappa shape index (κ2) is 6.70. The third-order valence-corrected chi connectivity index (χ3v) is 2.67. The van der Waals surface area contributed by atoms with Crippen molar-refractivity contribution in [2.75, 3.05) is 6.61 Å². The number of carbonyl (C=O) groups is 1. The van der Waals surface area contributed by atoms with Crippen LogP contribution in [0.1, 0.15) is 43.9 Å². The lowest BCUT2D eigenvalue weighted by atomic mass is 9.97. The summed E-state index contributed by atoms with van der Waals surface area (Å²) in [6.07, 6.45) is -4.84. The van der Waals surface area contributed by atoms with Crippen LogP contribution in [-0.2, 0) is 15.7 Å². The minimum Gasteiger partial charge on any atom is -0.366 e. The first-order valence-corrected chi connectivity index (χ1v) is 6.22. The van der Waals surface area contributed by atoms with Crippen molar-refractivity contribution in [1.82, 2.24) is 0 Å². The predicted molar refractivity (Wildman–Crippen MR) is 65.7 cm³/mol. The van der Waals surface area contributed by atoms with Crippen LogP contribution >= 0.6 is 0 Å². The van der Waals surface area contributed by atoms with Gasteiger partial charge in [-0.2, -0.15) is 13.2 Å². The van der Waals surface area contributed by atoms with Gasteiger partial charge < -0.3 is 4.74 Å². The van der Waals surface area contributed by atoms with Crippen molar-refractivity contribution in [1.29, 1.82) is 0 Å². The Balaban J connectivity index is 3.19. The monoisotopic (exact) mass is 274 g/mol. The summed E-state index contributed by atoms with van der Waals surface area (Å²) in [4.78, 5) is 11.9. The van der Waals surface area contributed by atoms with Crippen LogP contribution in [0.4, 0.5) is 13.2 Å². The molecule has 0 aliphatic carbocycles. The van der Waals surface area contributed by atoms with Crippen molar-refractivity contribution in [2.24, 2.45) is 0 Å². The standard InChI is InChI=1S/C14H17F3O2/c1-3-7-12(18)13(19-4-2)10-8-5-6-9-11(10)14(15,16)17/h5-6,8-9,13H,3-4,7H2,1-2H3. The van der Waals surface area contributed by atoms with Crippen molar-refractivity contribution < 1.29 is 22.7 Å². The van der Waals surface area contributed by atoms with E-state index in [9.17, 15) is 18.0 Å². The number of halogens is 3. The van der Waals surface area contributed by atoms with Gasteiger partial charge in [0.15, 0.2) is 5.78 Å². The van der Waals surface area contributed by atoms with Crippen LogP contribution in [0.3, 0.4) is 0 Å². The summed E-state index contributed by atoms with van der Waals surface area (Å²) >= 11 is 0. The summed E-state index contributed by atoms with van der Waals surface area (Å²) in [5.41, 5.74) is -0.909. The van der Waals surface area contributed by atoms with E-state index in [1.807, 2.05) is 0 Å². The summed E-state index contributed by atoms with van der Waals surface area (Å²) in [5.74, 6) is -0.318. The molecule has 1 aromatic rings. The third-order valence-electron chi connectivity index (χ3n) is 2.67. The highest BCUT2D eigenvalue weighted by Crippen LogP contribution is 2.36. The Labute approximate surface area is 110 Å². The van der Waals surface area contributed by atoms with Crippen LogP contribution in [0.5, 0.6) is 0 Å². The highest BCUT2D eigenvalue weighted by Gasteiger charge is 2.36. The maximum atomic E-state index is 12.9. The number of Topliss-reactive ketones (excluding diaryl/α,β-unsaturated/α-hetero) is 1. The highest BCUT2D eigenvalue weighted by atomic mass is 19.4. The highest BCUT2D eigenvalue weighted by molar-refractivity contribution is 5.84. The molecule has 0 spiro atoms. The van der Waals surface area contributed by atoms with Crippen LogP contribution in [0.25, 0.3) is 0 Å². The molecule has 0 heterocycles. The van der Waals surface area contributed by atoms with Crippen LogP contribution in [0.15, 0.2) is 24.3 Å². The van der Waals surface area contributed by atoms with E-state index in [-0.39, 0.29) is 24.4 Å². The van der Waals surface area contributed by atoms with Crippen molar-refractivity contribution in [2.45, 2.75) is 39.0 Å². The normalized spacial score (nSPS) is 13.3. The summed E-state index contributed by atoms with van der Waals surface area (Å²) in [5, 5.41) is 0. The number of ketones is 1. The molecule has 0 aliphatic rings. The minimum absolute atomic E-state index is 0.102. The predicted octanol–water partition coefficient (Wildman–Crippen LogP) is 4.15. The number of alkyl halides is 3.